The van der Waals surface area contributed by atoms with Crippen LogP contribution in [0.5, 0.6) is 0 Å². The standard InChI is InChI=1S/C18H17BrF2/c19-18-13(10-14-11-15(20)8-9-17(14)21)6-3-5-12-4-1-2-7-16(12)18/h1-2,4,7-9,11,13,18H,3,5-6,10H2. The van der Waals surface area contributed by atoms with E-state index in [2.05, 4.69) is 34.1 Å². The molecule has 110 valence electrons. The summed E-state index contributed by atoms with van der Waals surface area (Å²) in [7, 11) is 0. The molecule has 0 heterocycles. The molecule has 0 N–H and O–H groups in total. The Bertz CT molecular complexity index is 639. The number of aryl methyl sites for hydroxylation is 1. The number of hydrogen-bond acceptors (Lipinski definition) is 0. The van der Waals surface area contributed by atoms with Gasteiger partial charge in [0.2, 0.25) is 0 Å². The Labute approximate surface area is 132 Å². The van der Waals surface area contributed by atoms with Crippen LogP contribution in [0.4, 0.5) is 8.78 Å². The first-order valence-corrected chi connectivity index (χ1v) is 8.22. The quantitative estimate of drug-likeness (QED) is 0.488. The molecule has 2 atom stereocenters. The molecule has 0 fully saturated rings. The van der Waals surface area contributed by atoms with Crippen molar-refractivity contribution in [2.24, 2.45) is 5.92 Å². The van der Waals surface area contributed by atoms with Crippen molar-refractivity contribution < 1.29 is 8.78 Å². The zero-order valence-electron chi connectivity index (χ0n) is 11.7. The average molecular weight is 351 g/mol. The number of benzene rings is 2. The van der Waals surface area contributed by atoms with Gasteiger partial charge in [-0.3, -0.25) is 0 Å². The van der Waals surface area contributed by atoms with Gasteiger partial charge in [-0.05, 0) is 66.5 Å². The normalized spacial score (nSPS) is 21.7. The number of alkyl halides is 1. The summed E-state index contributed by atoms with van der Waals surface area (Å²) in [6.45, 7) is 0. The van der Waals surface area contributed by atoms with Crippen LogP contribution in [0.2, 0.25) is 0 Å². The SMILES string of the molecule is Fc1ccc(F)c(CC2CCCc3ccccc3C2Br)c1. The lowest BCUT2D eigenvalue weighted by molar-refractivity contribution is 0.461. The fourth-order valence-corrected chi connectivity index (χ4v) is 4.07. The van der Waals surface area contributed by atoms with Gasteiger partial charge < -0.3 is 0 Å². The molecule has 0 aromatic heterocycles. The molecule has 0 spiro atoms. The molecule has 0 saturated heterocycles. The zero-order valence-corrected chi connectivity index (χ0v) is 13.2. The highest BCUT2D eigenvalue weighted by Gasteiger charge is 2.26. The van der Waals surface area contributed by atoms with Crippen molar-refractivity contribution in [1.82, 2.24) is 0 Å². The minimum Gasteiger partial charge on any atom is -0.207 e. The zero-order chi connectivity index (χ0) is 14.8. The van der Waals surface area contributed by atoms with Crippen molar-refractivity contribution in [2.75, 3.05) is 0 Å². The van der Waals surface area contributed by atoms with E-state index in [0.717, 1.165) is 19.3 Å². The van der Waals surface area contributed by atoms with Gasteiger partial charge in [-0.15, -0.1) is 0 Å². The lowest BCUT2D eigenvalue weighted by atomic mass is 9.90. The molecule has 1 aliphatic rings. The second kappa shape index (κ2) is 6.27. The number of rotatable bonds is 2. The molecule has 3 rings (SSSR count). The van der Waals surface area contributed by atoms with Crippen LogP contribution in [0.1, 0.15) is 34.4 Å². The lowest BCUT2D eigenvalue weighted by Crippen LogP contribution is -2.11. The molecule has 1 aliphatic carbocycles. The maximum atomic E-state index is 13.9. The molecule has 2 unspecified atom stereocenters. The predicted octanol–water partition coefficient (Wildman–Crippen LogP) is 5.60. The second-order valence-corrected chi connectivity index (χ2v) is 6.68. The molecule has 0 amide bonds. The summed E-state index contributed by atoms with van der Waals surface area (Å²) in [4.78, 5) is 0.193. The summed E-state index contributed by atoms with van der Waals surface area (Å²) in [5.74, 6) is -0.398. The van der Waals surface area contributed by atoms with E-state index in [-0.39, 0.29) is 22.4 Å². The van der Waals surface area contributed by atoms with Crippen molar-refractivity contribution in [3.05, 3.63) is 70.8 Å². The Kier molecular flexibility index (Phi) is 4.39. The maximum Gasteiger partial charge on any atom is 0.126 e. The van der Waals surface area contributed by atoms with Gasteiger partial charge in [-0.25, -0.2) is 8.78 Å². The van der Waals surface area contributed by atoms with Crippen LogP contribution in [0.25, 0.3) is 0 Å². The fraction of sp³-hybridized carbons (Fsp3) is 0.333. The summed E-state index contributed by atoms with van der Waals surface area (Å²) >= 11 is 3.79. The first kappa shape index (κ1) is 14.7. The molecule has 0 radical (unpaired) electrons. The van der Waals surface area contributed by atoms with E-state index in [4.69, 9.17) is 0 Å². The van der Waals surface area contributed by atoms with Crippen molar-refractivity contribution in [1.29, 1.82) is 0 Å². The fourth-order valence-electron chi connectivity index (χ4n) is 3.17. The van der Waals surface area contributed by atoms with Crippen LogP contribution in [0.3, 0.4) is 0 Å². The summed E-state index contributed by atoms with van der Waals surface area (Å²) in [6, 6.07) is 12.1. The van der Waals surface area contributed by atoms with Gasteiger partial charge >= 0.3 is 0 Å². The van der Waals surface area contributed by atoms with Gasteiger partial charge in [0.05, 0.1) is 0 Å². The molecule has 0 saturated carbocycles. The highest BCUT2D eigenvalue weighted by Crippen LogP contribution is 2.41. The summed E-state index contributed by atoms with van der Waals surface area (Å²) < 4.78 is 27.2. The van der Waals surface area contributed by atoms with E-state index >= 15 is 0 Å². The Morgan fingerprint density at radius 1 is 1.10 bits per heavy atom. The molecule has 0 aliphatic heterocycles. The van der Waals surface area contributed by atoms with Crippen LogP contribution < -0.4 is 0 Å². The third-order valence-corrected chi connectivity index (χ3v) is 5.52. The van der Waals surface area contributed by atoms with Crippen molar-refractivity contribution in [3.8, 4) is 0 Å². The smallest absolute Gasteiger partial charge is 0.126 e. The monoisotopic (exact) mass is 350 g/mol. The van der Waals surface area contributed by atoms with Gasteiger partial charge in [0, 0.05) is 4.83 Å². The maximum absolute atomic E-state index is 13.9. The van der Waals surface area contributed by atoms with Gasteiger partial charge in [0.25, 0.3) is 0 Å². The van der Waals surface area contributed by atoms with E-state index in [9.17, 15) is 8.78 Å². The highest BCUT2D eigenvalue weighted by molar-refractivity contribution is 9.09. The summed E-state index contributed by atoms with van der Waals surface area (Å²) in [6.07, 6.45) is 3.72. The minimum atomic E-state index is -0.369. The first-order chi connectivity index (χ1) is 10.1. The summed E-state index contributed by atoms with van der Waals surface area (Å²) in [5, 5.41) is 0. The van der Waals surface area contributed by atoms with Gasteiger partial charge in [0.1, 0.15) is 11.6 Å². The van der Waals surface area contributed by atoms with Crippen molar-refractivity contribution in [2.45, 2.75) is 30.5 Å². The molecular weight excluding hydrogens is 334 g/mol. The highest BCUT2D eigenvalue weighted by atomic mass is 79.9. The van der Waals surface area contributed by atoms with E-state index in [1.54, 1.807) is 0 Å². The number of halogens is 3. The van der Waals surface area contributed by atoms with E-state index in [1.807, 2.05) is 6.07 Å². The average Bonchev–Trinajstić information content (AvgIpc) is 2.64. The molecule has 0 nitrogen and oxygen atoms in total. The topological polar surface area (TPSA) is 0 Å². The molecule has 2 aromatic carbocycles. The molecule has 21 heavy (non-hydrogen) atoms. The molecule has 2 aromatic rings. The van der Waals surface area contributed by atoms with Crippen LogP contribution in [0, 0.1) is 17.6 Å². The molecule has 3 heteroatoms. The third kappa shape index (κ3) is 3.18. The number of fused-ring (bicyclic) bond motifs is 1. The van der Waals surface area contributed by atoms with Crippen LogP contribution in [-0.4, -0.2) is 0 Å². The Morgan fingerprint density at radius 2 is 1.90 bits per heavy atom. The predicted molar refractivity (Wildman–Crippen MR) is 84.6 cm³/mol. The summed E-state index contributed by atoms with van der Waals surface area (Å²) in [5.41, 5.74) is 3.13. The second-order valence-electron chi connectivity index (χ2n) is 5.69. The molecular formula is C18H17BrF2. The van der Waals surface area contributed by atoms with Crippen LogP contribution in [0.15, 0.2) is 42.5 Å². The van der Waals surface area contributed by atoms with Gasteiger partial charge in [-0.1, -0.05) is 40.2 Å². The Morgan fingerprint density at radius 3 is 2.76 bits per heavy atom. The Hall–Kier alpha value is -1.22. The van der Waals surface area contributed by atoms with Crippen LogP contribution >= 0.6 is 15.9 Å². The van der Waals surface area contributed by atoms with Gasteiger partial charge in [0.15, 0.2) is 0 Å². The van der Waals surface area contributed by atoms with Crippen LogP contribution in [-0.2, 0) is 12.8 Å². The third-order valence-electron chi connectivity index (χ3n) is 4.28. The molecule has 0 bridgehead atoms. The van der Waals surface area contributed by atoms with E-state index in [1.165, 1.54) is 29.3 Å². The Balaban J connectivity index is 1.87. The number of hydrogen-bond donors (Lipinski definition) is 0. The lowest BCUT2D eigenvalue weighted by Gasteiger charge is -2.22. The minimum absolute atomic E-state index is 0.193. The first-order valence-electron chi connectivity index (χ1n) is 7.31. The van der Waals surface area contributed by atoms with E-state index < -0.39 is 0 Å². The van der Waals surface area contributed by atoms with Gasteiger partial charge in [-0.2, -0.15) is 0 Å². The van der Waals surface area contributed by atoms with Crippen molar-refractivity contribution >= 4 is 15.9 Å². The van der Waals surface area contributed by atoms with Crippen molar-refractivity contribution in [3.63, 3.8) is 0 Å². The van der Waals surface area contributed by atoms with E-state index in [0.29, 0.717) is 12.0 Å². The largest absolute Gasteiger partial charge is 0.207 e.